The molecule has 0 radical (unpaired) electrons. The van der Waals surface area contributed by atoms with Gasteiger partial charge in [0, 0.05) is 44.3 Å². The molecule has 2 saturated heterocycles. The molecule has 2 aromatic heterocycles. The molecule has 0 bridgehead atoms. The molecule has 0 aromatic carbocycles. The van der Waals surface area contributed by atoms with Crippen LogP contribution in [0.4, 0.5) is 17.5 Å². The lowest BCUT2D eigenvalue weighted by Gasteiger charge is -2.50. The molecule has 6 N–H and O–H groups in total. The summed E-state index contributed by atoms with van der Waals surface area (Å²) in [4.78, 5) is 43.4. The Morgan fingerprint density at radius 3 is 2.36 bits per heavy atom. The molecule has 0 unspecified atom stereocenters. The van der Waals surface area contributed by atoms with E-state index in [4.69, 9.17) is 40.4 Å². The van der Waals surface area contributed by atoms with E-state index >= 15 is 0 Å². The van der Waals surface area contributed by atoms with Crippen LogP contribution in [0.2, 0.25) is 10.3 Å². The lowest BCUT2D eigenvalue weighted by molar-refractivity contribution is 0.0435. The van der Waals surface area contributed by atoms with Crippen LogP contribution in [0, 0.1) is 0 Å². The van der Waals surface area contributed by atoms with Gasteiger partial charge in [-0.2, -0.15) is 0 Å². The largest absolute Gasteiger partial charge is 0.383 e. The third kappa shape index (κ3) is 5.14. The van der Waals surface area contributed by atoms with E-state index < -0.39 is 5.91 Å². The van der Waals surface area contributed by atoms with E-state index in [1.165, 1.54) is 0 Å². The average molecular weight is 536 g/mol. The second-order valence-electron chi connectivity index (χ2n) is 9.29. The van der Waals surface area contributed by atoms with Gasteiger partial charge in [0.25, 0.3) is 11.8 Å². The Labute approximate surface area is 219 Å². The molecule has 2 fully saturated rings. The van der Waals surface area contributed by atoms with Gasteiger partial charge in [0.1, 0.15) is 11.0 Å². The van der Waals surface area contributed by atoms with Gasteiger partial charge in [-0.15, -0.1) is 0 Å². The number of halogens is 2. The van der Waals surface area contributed by atoms with Crippen molar-refractivity contribution < 1.29 is 9.59 Å². The van der Waals surface area contributed by atoms with Crippen LogP contribution in [0.25, 0.3) is 0 Å². The summed E-state index contributed by atoms with van der Waals surface area (Å²) >= 11 is 12.3. The first kappa shape index (κ1) is 26.2. The van der Waals surface area contributed by atoms with Crippen LogP contribution in [-0.4, -0.2) is 80.9 Å². The molecule has 194 valence electrons. The molecule has 2 aliphatic rings. The number of nitrogen functional groups attached to an aromatic ring is 2. The van der Waals surface area contributed by atoms with Crippen molar-refractivity contribution in [3.05, 3.63) is 33.7 Å². The third-order valence-electron chi connectivity index (χ3n) is 7.07. The topological polar surface area (TPSA) is 161 Å². The summed E-state index contributed by atoms with van der Waals surface area (Å²) in [7, 11) is 0. The van der Waals surface area contributed by atoms with Crippen LogP contribution < -0.4 is 22.1 Å². The normalized spacial score (nSPS) is 21.6. The Morgan fingerprint density at radius 1 is 1.06 bits per heavy atom. The smallest absolute Gasteiger partial charge is 0.271 e. The lowest BCUT2D eigenvalue weighted by Crippen LogP contribution is -2.62. The van der Waals surface area contributed by atoms with Crippen LogP contribution in [0.5, 0.6) is 0 Å². The summed E-state index contributed by atoms with van der Waals surface area (Å²) in [6.45, 7) is 7.01. The zero-order chi connectivity index (χ0) is 26.1. The Bertz CT molecular complexity index is 1160. The van der Waals surface area contributed by atoms with Gasteiger partial charge >= 0.3 is 0 Å². The maximum absolute atomic E-state index is 13.0. The molecule has 36 heavy (non-hydrogen) atoms. The number of hydrogen-bond acceptors (Lipinski definition) is 9. The number of rotatable bonds is 5. The van der Waals surface area contributed by atoms with E-state index in [2.05, 4.69) is 38.6 Å². The highest BCUT2D eigenvalue weighted by atomic mass is 35.5. The standard InChI is InChI=1S/C23H31Cl2N9O2/c1-3-13-11-33(22-18(25)30-17(21(28)35)20(27)31-22)12(2)10-34(13)14-6-8-32(9-7-14)23(36)15-4-5-16(24)29-19(15)26/h4-5,12-14H,3,6-11H2,1-2H3,(H2,26,29)(H2,27,31)(H2,28,35)/t12-,13+/m1/s1. The number of carbonyl (C=O) groups is 2. The molecule has 2 atom stereocenters. The maximum Gasteiger partial charge on any atom is 0.271 e. The van der Waals surface area contributed by atoms with Gasteiger partial charge in [-0.05, 0) is 38.3 Å². The average Bonchev–Trinajstić information content (AvgIpc) is 2.84. The molecule has 2 aromatic rings. The molecule has 2 amide bonds. The minimum atomic E-state index is -0.766. The highest BCUT2D eigenvalue weighted by Gasteiger charge is 2.38. The molecule has 4 rings (SSSR count). The number of amides is 2. The van der Waals surface area contributed by atoms with Gasteiger partial charge < -0.3 is 27.0 Å². The van der Waals surface area contributed by atoms with E-state index in [0.29, 0.717) is 37.1 Å². The van der Waals surface area contributed by atoms with Crippen LogP contribution in [0.3, 0.4) is 0 Å². The van der Waals surface area contributed by atoms with E-state index in [-0.39, 0.29) is 45.6 Å². The fourth-order valence-electron chi connectivity index (χ4n) is 5.16. The van der Waals surface area contributed by atoms with Crippen molar-refractivity contribution in [1.82, 2.24) is 24.8 Å². The van der Waals surface area contributed by atoms with Gasteiger partial charge in [0.15, 0.2) is 22.5 Å². The Morgan fingerprint density at radius 2 is 1.75 bits per heavy atom. The molecule has 0 aliphatic carbocycles. The predicted octanol–water partition coefficient (Wildman–Crippen LogP) is 2.04. The Kier molecular flexibility index (Phi) is 7.72. The number of hydrogen-bond donors (Lipinski definition) is 3. The van der Waals surface area contributed by atoms with Crippen LogP contribution in [-0.2, 0) is 0 Å². The summed E-state index contributed by atoms with van der Waals surface area (Å²) in [5.74, 6) is -0.308. The molecule has 13 heteroatoms. The number of nitrogens with two attached hydrogens (primary N) is 3. The molecule has 2 aliphatic heterocycles. The fourth-order valence-corrected chi connectivity index (χ4v) is 5.54. The number of aromatic nitrogens is 3. The molecule has 0 spiro atoms. The number of nitrogens with zero attached hydrogens (tertiary/aromatic N) is 6. The van der Waals surface area contributed by atoms with E-state index in [1.54, 1.807) is 12.1 Å². The van der Waals surface area contributed by atoms with Crippen molar-refractivity contribution in [2.24, 2.45) is 5.73 Å². The van der Waals surface area contributed by atoms with E-state index in [1.807, 2.05) is 4.90 Å². The molecule has 0 saturated carbocycles. The highest BCUT2D eigenvalue weighted by molar-refractivity contribution is 6.32. The van der Waals surface area contributed by atoms with Gasteiger partial charge in [0.05, 0.1) is 5.56 Å². The van der Waals surface area contributed by atoms with Crippen molar-refractivity contribution in [2.45, 2.75) is 51.2 Å². The molecular weight excluding hydrogens is 505 g/mol. The predicted molar refractivity (Wildman–Crippen MR) is 140 cm³/mol. The molecule has 11 nitrogen and oxygen atoms in total. The monoisotopic (exact) mass is 535 g/mol. The van der Waals surface area contributed by atoms with Crippen molar-refractivity contribution in [3.63, 3.8) is 0 Å². The quantitative estimate of drug-likeness (QED) is 0.486. The second-order valence-corrected chi connectivity index (χ2v) is 10.0. The second kappa shape index (κ2) is 10.6. The van der Waals surface area contributed by atoms with Crippen molar-refractivity contribution >= 4 is 52.5 Å². The lowest BCUT2D eigenvalue weighted by atomic mass is 9.96. The van der Waals surface area contributed by atoms with Crippen LogP contribution in [0.1, 0.15) is 54.0 Å². The molecular formula is C23H31Cl2N9O2. The number of piperazine rings is 1. The minimum absolute atomic E-state index is 0.0295. The fraction of sp³-hybridized carbons (Fsp3) is 0.522. The molecule has 4 heterocycles. The SMILES string of the molecule is CC[C@H]1CN(c2nc(N)c(C(N)=O)nc2Cl)[C@H](C)CN1C1CCN(C(=O)c2ccc(Cl)nc2N)CC1. The summed E-state index contributed by atoms with van der Waals surface area (Å²) in [6, 6.07) is 3.88. The number of carbonyl (C=O) groups excluding carboxylic acids is 2. The van der Waals surface area contributed by atoms with Gasteiger partial charge in [-0.25, -0.2) is 15.0 Å². The summed E-state index contributed by atoms with van der Waals surface area (Å²) < 4.78 is 0. The number of likely N-dealkylation sites (tertiary alicyclic amines) is 1. The van der Waals surface area contributed by atoms with Crippen LogP contribution in [0.15, 0.2) is 12.1 Å². The number of pyridine rings is 1. The third-order valence-corrected chi connectivity index (χ3v) is 7.53. The first-order valence-electron chi connectivity index (χ1n) is 12.0. The van der Waals surface area contributed by atoms with Gasteiger partial charge in [-0.3, -0.25) is 14.5 Å². The summed E-state index contributed by atoms with van der Waals surface area (Å²) in [5, 5.41) is 0.372. The van der Waals surface area contributed by atoms with Crippen molar-refractivity contribution in [2.75, 3.05) is 42.5 Å². The zero-order valence-electron chi connectivity index (χ0n) is 20.3. The minimum Gasteiger partial charge on any atom is -0.383 e. The van der Waals surface area contributed by atoms with E-state index in [9.17, 15) is 9.59 Å². The van der Waals surface area contributed by atoms with E-state index in [0.717, 1.165) is 25.8 Å². The van der Waals surface area contributed by atoms with Gasteiger partial charge in [-0.1, -0.05) is 30.1 Å². The summed E-state index contributed by atoms with van der Waals surface area (Å²) in [5.41, 5.74) is 17.4. The first-order valence-corrected chi connectivity index (χ1v) is 12.7. The van der Waals surface area contributed by atoms with Crippen molar-refractivity contribution in [3.8, 4) is 0 Å². The Balaban J connectivity index is 1.44. The van der Waals surface area contributed by atoms with Crippen molar-refractivity contribution in [1.29, 1.82) is 0 Å². The van der Waals surface area contributed by atoms with Gasteiger partial charge in [0.2, 0.25) is 0 Å². The summed E-state index contributed by atoms with van der Waals surface area (Å²) in [6.07, 6.45) is 2.64. The zero-order valence-corrected chi connectivity index (χ0v) is 21.8. The highest BCUT2D eigenvalue weighted by Crippen LogP contribution is 2.32. The number of primary amides is 1. The first-order chi connectivity index (χ1) is 17.1. The maximum atomic E-state index is 13.0. The van der Waals surface area contributed by atoms with Crippen LogP contribution >= 0.6 is 23.2 Å². The Hall–Kier alpha value is -2.89. The number of anilines is 3. The number of piperidine rings is 1.